The Morgan fingerprint density at radius 1 is 1.24 bits per heavy atom. The summed E-state index contributed by atoms with van der Waals surface area (Å²) in [7, 11) is 0. The molecule has 3 amide bonds. The van der Waals surface area contributed by atoms with Gasteiger partial charge in [-0.05, 0) is 26.7 Å². The normalized spacial score (nSPS) is 41.1. The van der Waals surface area contributed by atoms with Gasteiger partial charge in [0.25, 0.3) is 5.91 Å². The lowest BCUT2D eigenvalue weighted by Gasteiger charge is -2.44. The standard InChI is InChI=1S/C12H19N3O2/c1-7(2)15-5-8-3-4-9(6-15)12(8)10(16)13-11(17)14-12/h7-9H,3-6H2,1-2H3,(H2,13,14,16,17)/t8-,9-/m1/s1. The van der Waals surface area contributed by atoms with Crippen LogP contribution in [0.3, 0.4) is 0 Å². The highest BCUT2D eigenvalue weighted by molar-refractivity contribution is 6.07. The Morgan fingerprint density at radius 3 is 2.24 bits per heavy atom. The minimum atomic E-state index is -0.595. The molecule has 0 aromatic carbocycles. The first-order chi connectivity index (χ1) is 8.04. The van der Waals surface area contributed by atoms with Gasteiger partial charge in [0.2, 0.25) is 0 Å². The Hall–Kier alpha value is -1.10. The molecular formula is C12H19N3O2. The lowest BCUT2D eigenvalue weighted by atomic mass is 9.76. The molecule has 2 heterocycles. The van der Waals surface area contributed by atoms with Gasteiger partial charge in [0.15, 0.2) is 0 Å². The molecule has 2 saturated heterocycles. The van der Waals surface area contributed by atoms with Crippen LogP contribution in [0.5, 0.6) is 0 Å². The fourth-order valence-electron chi connectivity index (χ4n) is 3.78. The number of urea groups is 1. The summed E-state index contributed by atoms with van der Waals surface area (Å²) in [5, 5.41) is 5.33. The molecule has 0 radical (unpaired) electrons. The summed E-state index contributed by atoms with van der Waals surface area (Å²) in [6.45, 7) is 6.21. The molecule has 0 aromatic rings. The number of piperidine rings is 1. The zero-order valence-corrected chi connectivity index (χ0v) is 10.3. The summed E-state index contributed by atoms with van der Waals surface area (Å²) >= 11 is 0. The Bertz CT molecular complexity index is 366. The summed E-state index contributed by atoms with van der Waals surface area (Å²) in [5.41, 5.74) is -0.595. The van der Waals surface area contributed by atoms with E-state index in [2.05, 4.69) is 29.4 Å². The molecule has 3 aliphatic rings. The van der Waals surface area contributed by atoms with Crippen molar-refractivity contribution >= 4 is 11.9 Å². The number of carbonyl (C=O) groups is 2. The van der Waals surface area contributed by atoms with Gasteiger partial charge in [-0.25, -0.2) is 4.79 Å². The molecule has 17 heavy (non-hydrogen) atoms. The van der Waals surface area contributed by atoms with E-state index in [0.717, 1.165) is 25.9 Å². The van der Waals surface area contributed by atoms with Crippen LogP contribution in [-0.2, 0) is 4.79 Å². The fraction of sp³-hybridized carbons (Fsp3) is 0.833. The van der Waals surface area contributed by atoms with E-state index in [1.165, 1.54) is 0 Å². The first-order valence-corrected chi connectivity index (χ1v) is 6.41. The average molecular weight is 237 g/mol. The summed E-state index contributed by atoms with van der Waals surface area (Å²) in [6, 6.07) is 0.195. The molecule has 0 aromatic heterocycles. The van der Waals surface area contributed by atoms with Crippen molar-refractivity contribution in [2.24, 2.45) is 11.8 Å². The van der Waals surface area contributed by atoms with Gasteiger partial charge >= 0.3 is 6.03 Å². The van der Waals surface area contributed by atoms with Crippen molar-refractivity contribution in [2.75, 3.05) is 13.1 Å². The van der Waals surface area contributed by atoms with E-state index in [-0.39, 0.29) is 23.8 Å². The smallest absolute Gasteiger partial charge is 0.322 e. The summed E-state index contributed by atoms with van der Waals surface area (Å²) < 4.78 is 0. The van der Waals surface area contributed by atoms with Crippen molar-refractivity contribution in [2.45, 2.75) is 38.3 Å². The Balaban J connectivity index is 1.90. The largest absolute Gasteiger partial charge is 0.323 e. The van der Waals surface area contributed by atoms with E-state index in [9.17, 15) is 9.59 Å². The monoisotopic (exact) mass is 237 g/mol. The average Bonchev–Trinajstić information content (AvgIpc) is 2.64. The van der Waals surface area contributed by atoms with Crippen molar-refractivity contribution in [3.8, 4) is 0 Å². The summed E-state index contributed by atoms with van der Waals surface area (Å²) in [6.07, 6.45) is 2.09. The van der Waals surface area contributed by atoms with Gasteiger partial charge in [-0.3, -0.25) is 10.1 Å². The van der Waals surface area contributed by atoms with Gasteiger partial charge in [-0.1, -0.05) is 0 Å². The molecular weight excluding hydrogens is 218 g/mol. The van der Waals surface area contributed by atoms with E-state index in [0.29, 0.717) is 6.04 Å². The SMILES string of the molecule is CC(C)N1C[C@H]2CC[C@H](C1)C21NC(=O)NC1=O. The minimum Gasteiger partial charge on any atom is -0.323 e. The quantitative estimate of drug-likeness (QED) is 0.645. The summed E-state index contributed by atoms with van der Waals surface area (Å²) in [5.74, 6) is 0.448. The van der Waals surface area contributed by atoms with Gasteiger partial charge in [0.1, 0.15) is 5.54 Å². The van der Waals surface area contributed by atoms with Crippen LogP contribution in [0.15, 0.2) is 0 Å². The van der Waals surface area contributed by atoms with Crippen molar-refractivity contribution in [1.29, 1.82) is 0 Å². The second-order valence-corrected chi connectivity index (χ2v) is 5.80. The first-order valence-electron chi connectivity index (χ1n) is 6.41. The van der Waals surface area contributed by atoms with Crippen LogP contribution in [0.2, 0.25) is 0 Å². The van der Waals surface area contributed by atoms with Gasteiger partial charge < -0.3 is 10.2 Å². The molecule has 94 valence electrons. The van der Waals surface area contributed by atoms with Crippen LogP contribution in [0, 0.1) is 11.8 Å². The number of carbonyl (C=O) groups excluding carboxylic acids is 2. The highest BCUT2D eigenvalue weighted by Gasteiger charge is 2.62. The third kappa shape index (κ3) is 1.35. The molecule has 0 unspecified atom stereocenters. The lowest BCUT2D eigenvalue weighted by molar-refractivity contribution is -0.129. The van der Waals surface area contributed by atoms with Crippen LogP contribution < -0.4 is 10.6 Å². The fourth-order valence-corrected chi connectivity index (χ4v) is 3.78. The van der Waals surface area contributed by atoms with Crippen molar-refractivity contribution in [3.05, 3.63) is 0 Å². The molecule has 3 rings (SSSR count). The molecule has 2 atom stereocenters. The maximum atomic E-state index is 12.1. The molecule has 3 fully saturated rings. The molecule has 2 aliphatic heterocycles. The van der Waals surface area contributed by atoms with Gasteiger partial charge in [-0.2, -0.15) is 0 Å². The molecule has 1 aliphatic carbocycles. The zero-order valence-electron chi connectivity index (χ0n) is 10.3. The number of imide groups is 1. The van der Waals surface area contributed by atoms with Gasteiger partial charge in [-0.15, -0.1) is 0 Å². The van der Waals surface area contributed by atoms with Crippen LogP contribution in [-0.4, -0.2) is 41.5 Å². The number of amides is 3. The van der Waals surface area contributed by atoms with Crippen molar-refractivity contribution < 1.29 is 9.59 Å². The predicted molar refractivity (Wildman–Crippen MR) is 62.3 cm³/mol. The predicted octanol–water partition coefficient (Wildman–Crippen LogP) is 0.315. The van der Waals surface area contributed by atoms with Gasteiger partial charge in [0.05, 0.1) is 0 Å². The minimum absolute atomic E-state index is 0.0987. The molecule has 5 heteroatoms. The third-order valence-electron chi connectivity index (χ3n) is 4.71. The zero-order chi connectivity index (χ0) is 12.2. The number of nitrogens with zero attached hydrogens (tertiary/aromatic N) is 1. The van der Waals surface area contributed by atoms with E-state index >= 15 is 0 Å². The topological polar surface area (TPSA) is 61.4 Å². The lowest BCUT2D eigenvalue weighted by Crippen LogP contribution is -2.63. The summed E-state index contributed by atoms with van der Waals surface area (Å²) in [4.78, 5) is 25.9. The maximum absolute atomic E-state index is 12.1. The maximum Gasteiger partial charge on any atom is 0.322 e. The number of rotatable bonds is 1. The first kappa shape index (κ1) is 11.0. The second-order valence-electron chi connectivity index (χ2n) is 5.80. The number of hydrogen-bond donors (Lipinski definition) is 2. The van der Waals surface area contributed by atoms with Crippen molar-refractivity contribution in [1.82, 2.24) is 15.5 Å². The number of likely N-dealkylation sites (tertiary alicyclic amines) is 1. The van der Waals surface area contributed by atoms with Gasteiger partial charge in [0, 0.05) is 31.0 Å². The molecule has 1 saturated carbocycles. The molecule has 1 spiro atoms. The highest BCUT2D eigenvalue weighted by Crippen LogP contribution is 2.46. The van der Waals surface area contributed by atoms with E-state index < -0.39 is 5.54 Å². The Labute approximate surface area is 101 Å². The molecule has 2 bridgehead atoms. The highest BCUT2D eigenvalue weighted by atomic mass is 16.2. The van der Waals surface area contributed by atoms with Crippen LogP contribution in [0.25, 0.3) is 0 Å². The molecule has 5 nitrogen and oxygen atoms in total. The van der Waals surface area contributed by atoms with Crippen LogP contribution >= 0.6 is 0 Å². The van der Waals surface area contributed by atoms with Crippen LogP contribution in [0.4, 0.5) is 4.79 Å². The number of nitrogens with one attached hydrogen (secondary N) is 2. The number of hydrogen-bond acceptors (Lipinski definition) is 3. The second kappa shape index (κ2) is 3.45. The Kier molecular flexibility index (Phi) is 2.23. The van der Waals surface area contributed by atoms with E-state index in [4.69, 9.17) is 0 Å². The Morgan fingerprint density at radius 2 is 1.82 bits per heavy atom. The van der Waals surface area contributed by atoms with Crippen molar-refractivity contribution in [3.63, 3.8) is 0 Å². The van der Waals surface area contributed by atoms with E-state index in [1.54, 1.807) is 0 Å². The van der Waals surface area contributed by atoms with E-state index in [1.807, 2.05) is 0 Å². The third-order valence-corrected chi connectivity index (χ3v) is 4.71. The molecule has 2 N–H and O–H groups in total. The van der Waals surface area contributed by atoms with Crippen LogP contribution in [0.1, 0.15) is 26.7 Å².